The quantitative estimate of drug-likeness (QED) is 0.524. The van der Waals surface area contributed by atoms with Crippen molar-refractivity contribution in [1.29, 1.82) is 0 Å². The first kappa shape index (κ1) is 17.6. The third-order valence-corrected chi connectivity index (χ3v) is 5.47. The number of fused-ring (bicyclic) bond motifs is 2. The molecular formula is C20H20N5O4+. The standard InChI is InChI=1S/C20H19N5O4/c26-25(27)15-2-3-17-16(10-15)20(22-12-21-17)24-7-5-23(6-8-24)11-14-1-4-18-19(9-14)29-13-28-18/h1-4,9-10,12H,5-8,11,13H2/p+1. The van der Waals surface area contributed by atoms with Gasteiger partial charge in [-0.15, -0.1) is 0 Å². The van der Waals surface area contributed by atoms with Crippen LogP contribution in [0.1, 0.15) is 5.56 Å². The van der Waals surface area contributed by atoms with Gasteiger partial charge in [-0.25, -0.2) is 9.97 Å². The Bertz CT molecular complexity index is 1080. The van der Waals surface area contributed by atoms with E-state index in [2.05, 4.69) is 27.0 Å². The maximum absolute atomic E-state index is 11.2. The molecule has 9 nitrogen and oxygen atoms in total. The summed E-state index contributed by atoms with van der Waals surface area (Å²) < 4.78 is 10.8. The SMILES string of the molecule is O=[N+]([O-])c1ccc2ncnc(N3CC[NH+](Cc4ccc5c(c4)OCO5)CC3)c2c1. The summed E-state index contributed by atoms with van der Waals surface area (Å²) in [5.74, 6) is 2.38. The molecule has 0 amide bonds. The third kappa shape index (κ3) is 3.40. The van der Waals surface area contributed by atoms with E-state index in [1.165, 1.54) is 22.9 Å². The lowest BCUT2D eigenvalue weighted by atomic mass is 10.1. The summed E-state index contributed by atoms with van der Waals surface area (Å²) in [7, 11) is 0. The zero-order valence-corrected chi connectivity index (χ0v) is 15.7. The Labute approximate surface area is 166 Å². The van der Waals surface area contributed by atoms with Crippen LogP contribution in [0.15, 0.2) is 42.7 Å². The Balaban J connectivity index is 1.30. The smallest absolute Gasteiger partial charge is 0.270 e. The number of nitro benzene ring substituents is 1. The number of nitrogens with one attached hydrogen (secondary N) is 1. The molecule has 0 unspecified atom stereocenters. The van der Waals surface area contributed by atoms with E-state index in [0.717, 1.165) is 60.9 Å². The van der Waals surface area contributed by atoms with E-state index in [-0.39, 0.29) is 17.4 Å². The second-order valence-corrected chi connectivity index (χ2v) is 7.26. The molecule has 29 heavy (non-hydrogen) atoms. The number of piperazine rings is 1. The fourth-order valence-corrected chi connectivity index (χ4v) is 3.95. The first-order chi connectivity index (χ1) is 14.2. The van der Waals surface area contributed by atoms with Gasteiger partial charge in [-0.1, -0.05) is 0 Å². The highest BCUT2D eigenvalue weighted by molar-refractivity contribution is 5.91. The number of aromatic nitrogens is 2. The predicted molar refractivity (Wildman–Crippen MR) is 105 cm³/mol. The maximum atomic E-state index is 11.2. The van der Waals surface area contributed by atoms with Crippen molar-refractivity contribution >= 4 is 22.4 Å². The molecule has 1 aromatic heterocycles. The van der Waals surface area contributed by atoms with E-state index < -0.39 is 0 Å². The van der Waals surface area contributed by atoms with E-state index in [1.807, 2.05) is 6.07 Å². The summed E-state index contributed by atoms with van der Waals surface area (Å²) in [6, 6.07) is 10.8. The molecule has 3 heterocycles. The topological polar surface area (TPSA) is 95.1 Å². The van der Waals surface area contributed by atoms with Crippen LogP contribution in [0.25, 0.3) is 10.9 Å². The first-order valence-corrected chi connectivity index (χ1v) is 9.53. The average molecular weight is 394 g/mol. The van der Waals surface area contributed by atoms with E-state index in [4.69, 9.17) is 9.47 Å². The zero-order valence-electron chi connectivity index (χ0n) is 15.7. The number of ether oxygens (including phenoxy) is 2. The van der Waals surface area contributed by atoms with Crippen LogP contribution in [0.3, 0.4) is 0 Å². The van der Waals surface area contributed by atoms with Gasteiger partial charge in [-0.3, -0.25) is 10.1 Å². The Morgan fingerprint density at radius 3 is 2.72 bits per heavy atom. The van der Waals surface area contributed by atoms with E-state index in [9.17, 15) is 10.1 Å². The van der Waals surface area contributed by atoms with E-state index in [0.29, 0.717) is 0 Å². The molecule has 0 atom stereocenters. The van der Waals surface area contributed by atoms with E-state index in [1.54, 1.807) is 12.1 Å². The zero-order chi connectivity index (χ0) is 19.8. The van der Waals surface area contributed by atoms with E-state index >= 15 is 0 Å². The molecular weight excluding hydrogens is 374 g/mol. The van der Waals surface area contributed by atoms with Gasteiger partial charge in [0.1, 0.15) is 18.7 Å². The third-order valence-electron chi connectivity index (χ3n) is 5.47. The minimum atomic E-state index is -0.385. The molecule has 3 aromatic rings. The number of nitro groups is 1. The fourth-order valence-electron chi connectivity index (χ4n) is 3.95. The summed E-state index contributed by atoms with van der Waals surface area (Å²) in [5, 5.41) is 11.9. The minimum absolute atomic E-state index is 0.0561. The van der Waals surface area contributed by atoms with Crippen molar-refractivity contribution in [3.05, 3.63) is 58.4 Å². The van der Waals surface area contributed by atoms with Gasteiger partial charge in [0.15, 0.2) is 11.5 Å². The molecule has 0 saturated carbocycles. The molecule has 9 heteroatoms. The molecule has 2 aliphatic rings. The number of nitrogens with zero attached hydrogens (tertiary/aromatic N) is 4. The lowest BCUT2D eigenvalue weighted by molar-refractivity contribution is -0.914. The van der Waals surface area contributed by atoms with Crippen molar-refractivity contribution in [2.75, 3.05) is 37.9 Å². The summed E-state index contributed by atoms with van der Waals surface area (Å²) in [6.07, 6.45) is 1.52. The van der Waals surface area contributed by atoms with Crippen LogP contribution in [0.4, 0.5) is 11.5 Å². The molecule has 1 fully saturated rings. The molecule has 0 spiro atoms. The summed E-state index contributed by atoms with van der Waals surface area (Å²) in [6.45, 7) is 4.77. The number of benzene rings is 2. The second-order valence-electron chi connectivity index (χ2n) is 7.26. The van der Waals surface area contributed by atoms with Crippen molar-refractivity contribution in [3.63, 3.8) is 0 Å². The second kappa shape index (κ2) is 7.17. The highest BCUT2D eigenvalue weighted by atomic mass is 16.7. The lowest BCUT2D eigenvalue weighted by Crippen LogP contribution is -3.13. The number of rotatable bonds is 4. The molecule has 1 N–H and O–H groups in total. The average Bonchev–Trinajstić information content (AvgIpc) is 3.21. The van der Waals surface area contributed by atoms with Crippen LogP contribution in [-0.2, 0) is 6.54 Å². The fraction of sp³-hybridized carbons (Fsp3) is 0.300. The van der Waals surface area contributed by atoms with Crippen molar-refractivity contribution in [2.45, 2.75) is 6.54 Å². The van der Waals surface area contributed by atoms with Crippen LogP contribution in [-0.4, -0.2) is 47.9 Å². The van der Waals surface area contributed by atoms with Gasteiger partial charge in [0.05, 0.1) is 36.6 Å². The number of non-ortho nitro benzene ring substituents is 1. The predicted octanol–water partition coefficient (Wildman–Crippen LogP) is 1.17. The molecule has 2 aliphatic heterocycles. The summed E-state index contributed by atoms with van der Waals surface area (Å²) in [4.78, 5) is 23.1. The van der Waals surface area contributed by atoms with Crippen molar-refractivity contribution in [3.8, 4) is 11.5 Å². The Morgan fingerprint density at radius 1 is 1.07 bits per heavy atom. The van der Waals surface area contributed by atoms with Gasteiger partial charge in [0, 0.05) is 23.1 Å². The Morgan fingerprint density at radius 2 is 1.90 bits per heavy atom. The number of quaternary nitrogens is 1. The molecule has 5 rings (SSSR count). The lowest BCUT2D eigenvalue weighted by Gasteiger charge is -2.33. The van der Waals surface area contributed by atoms with Gasteiger partial charge in [0.2, 0.25) is 6.79 Å². The van der Waals surface area contributed by atoms with Crippen LogP contribution < -0.4 is 19.3 Å². The molecule has 1 saturated heterocycles. The van der Waals surface area contributed by atoms with Gasteiger partial charge >= 0.3 is 0 Å². The highest BCUT2D eigenvalue weighted by Gasteiger charge is 2.24. The van der Waals surface area contributed by atoms with Crippen LogP contribution >= 0.6 is 0 Å². The van der Waals surface area contributed by atoms with Crippen LogP contribution in [0.2, 0.25) is 0 Å². The maximum Gasteiger partial charge on any atom is 0.270 e. The first-order valence-electron chi connectivity index (χ1n) is 9.53. The largest absolute Gasteiger partial charge is 0.454 e. The Hall–Kier alpha value is -3.46. The molecule has 148 valence electrons. The summed E-state index contributed by atoms with van der Waals surface area (Å²) >= 11 is 0. The van der Waals surface area contributed by atoms with Crippen molar-refractivity contribution in [2.24, 2.45) is 0 Å². The molecule has 0 radical (unpaired) electrons. The summed E-state index contributed by atoms with van der Waals surface area (Å²) in [5.41, 5.74) is 2.00. The van der Waals surface area contributed by atoms with Gasteiger partial charge < -0.3 is 19.3 Å². The van der Waals surface area contributed by atoms with Crippen molar-refractivity contribution < 1.29 is 19.3 Å². The highest BCUT2D eigenvalue weighted by Crippen LogP contribution is 2.32. The molecule has 0 aliphatic carbocycles. The number of anilines is 1. The van der Waals surface area contributed by atoms with Crippen LogP contribution in [0.5, 0.6) is 11.5 Å². The van der Waals surface area contributed by atoms with Gasteiger partial charge in [-0.2, -0.15) is 0 Å². The number of hydrogen-bond donors (Lipinski definition) is 1. The number of hydrogen-bond acceptors (Lipinski definition) is 7. The van der Waals surface area contributed by atoms with Gasteiger partial charge in [0.25, 0.3) is 5.69 Å². The van der Waals surface area contributed by atoms with Crippen molar-refractivity contribution in [1.82, 2.24) is 9.97 Å². The van der Waals surface area contributed by atoms with Crippen LogP contribution in [0, 0.1) is 10.1 Å². The molecule has 0 bridgehead atoms. The minimum Gasteiger partial charge on any atom is -0.454 e. The normalized spacial score (nSPS) is 16.3. The Kier molecular flexibility index (Phi) is 4.36. The monoisotopic (exact) mass is 394 g/mol. The van der Waals surface area contributed by atoms with Gasteiger partial charge in [-0.05, 0) is 24.3 Å². The molecule has 2 aromatic carbocycles.